The molecule has 1 rings (SSSR count). The number of aryl methyl sites for hydroxylation is 1. The highest BCUT2D eigenvalue weighted by molar-refractivity contribution is 9.10. The molecule has 0 aromatic heterocycles. The van der Waals surface area contributed by atoms with Gasteiger partial charge in [-0.25, -0.2) is 0 Å². The molecule has 0 heterocycles. The molecule has 78 valence electrons. The summed E-state index contributed by atoms with van der Waals surface area (Å²) in [7, 11) is 1.55. The van der Waals surface area contributed by atoms with Gasteiger partial charge >= 0.3 is 0 Å². The van der Waals surface area contributed by atoms with Gasteiger partial charge in [0.05, 0.1) is 11.6 Å². The Morgan fingerprint density at radius 1 is 1.50 bits per heavy atom. The summed E-state index contributed by atoms with van der Waals surface area (Å²) < 4.78 is 5.72. The highest BCUT2D eigenvalue weighted by Crippen LogP contribution is 2.35. The molecule has 0 unspecified atom stereocenters. The van der Waals surface area contributed by atoms with E-state index in [1.54, 1.807) is 7.11 Å². The summed E-state index contributed by atoms with van der Waals surface area (Å²) in [6.07, 6.45) is 1.96. The van der Waals surface area contributed by atoms with Crippen LogP contribution in [-0.4, -0.2) is 18.0 Å². The number of hydrogen-bond donors (Lipinski definition) is 2. The lowest BCUT2D eigenvalue weighted by atomic mass is 10.1. The quantitative estimate of drug-likeness (QED) is 0.828. The van der Waals surface area contributed by atoms with E-state index >= 15 is 0 Å². The standard InChI is InChI=1S/C10H13BrO2S/c1-13-9-6-7(3-2-4-14)5-8(11)10(9)12/h5-6,12,14H,2-4H2,1H3. The minimum Gasteiger partial charge on any atom is -0.503 e. The van der Waals surface area contributed by atoms with Gasteiger partial charge in [-0.15, -0.1) is 0 Å². The predicted octanol–water partition coefficient (Wildman–Crippen LogP) is 3.03. The van der Waals surface area contributed by atoms with Crippen LogP contribution < -0.4 is 4.74 Å². The SMILES string of the molecule is COc1cc(CCCS)cc(Br)c1O. The first-order valence-electron chi connectivity index (χ1n) is 4.35. The number of rotatable bonds is 4. The summed E-state index contributed by atoms with van der Waals surface area (Å²) in [5.41, 5.74) is 1.14. The number of benzene rings is 1. The van der Waals surface area contributed by atoms with Gasteiger partial charge in [0, 0.05) is 0 Å². The highest BCUT2D eigenvalue weighted by atomic mass is 79.9. The summed E-state index contributed by atoms with van der Waals surface area (Å²) in [5, 5.41) is 9.56. The fourth-order valence-corrected chi connectivity index (χ4v) is 1.86. The molecule has 1 N–H and O–H groups in total. The molecule has 0 aliphatic rings. The van der Waals surface area contributed by atoms with E-state index < -0.39 is 0 Å². The van der Waals surface area contributed by atoms with E-state index in [0.29, 0.717) is 10.2 Å². The lowest BCUT2D eigenvalue weighted by molar-refractivity contribution is 0.371. The minimum absolute atomic E-state index is 0.155. The van der Waals surface area contributed by atoms with Crippen molar-refractivity contribution in [2.45, 2.75) is 12.8 Å². The van der Waals surface area contributed by atoms with Crippen LogP contribution in [-0.2, 0) is 6.42 Å². The molecule has 2 nitrogen and oxygen atoms in total. The zero-order chi connectivity index (χ0) is 10.6. The van der Waals surface area contributed by atoms with Gasteiger partial charge in [-0.1, -0.05) is 0 Å². The summed E-state index contributed by atoms with van der Waals surface area (Å²) in [4.78, 5) is 0. The van der Waals surface area contributed by atoms with Gasteiger partial charge in [-0.3, -0.25) is 0 Å². The number of aromatic hydroxyl groups is 1. The van der Waals surface area contributed by atoms with Crippen molar-refractivity contribution in [3.05, 3.63) is 22.2 Å². The van der Waals surface area contributed by atoms with Crippen LogP contribution in [0.3, 0.4) is 0 Å². The number of phenols is 1. The maximum Gasteiger partial charge on any atom is 0.172 e. The maximum absolute atomic E-state index is 9.56. The zero-order valence-electron chi connectivity index (χ0n) is 7.96. The molecule has 1 aromatic carbocycles. The van der Waals surface area contributed by atoms with E-state index in [2.05, 4.69) is 28.6 Å². The molecule has 0 radical (unpaired) electrons. The number of halogens is 1. The van der Waals surface area contributed by atoms with Crippen molar-refractivity contribution in [2.24, 2.45) is 0 Å². The zero-order valence-corrected chi connectivity index (χ0v) is 10.4. The number of thiol groups is 1. The average Bonchev–Trinajstić information content (AvgIpc) is 2.19. The van der Waals surface area contributed by atoms with Gasteiger partial charge in [-0.05, 0) is 52.2 Å². The first-order valence-corrected chi connectivity index (χ1v) is 5.77. The molecule has 0 aliphatic carbocycles. The summed E-state index contributed by atoms with van der Waals surface area (Å²) in [6.45, 7) is 0. The van der Waals surface area contributed by atoms with Gasteiger partial charge in [-0.2, -0.15) is 12.6 Å². The molecule has 0 saturated carbocycles. The lowest BCUT2D eigenvalue weighted by Crippen LogP contribution is -1.90. The second kappa shape index (κ2) is 5.51. The van der Waals surface area contributed by atoms with Gasteiger partial charge in [0.2, 0.25) is 0 Å². The Bertz CT molecular complexity index is 315. The second-order valence-corrected chi connectivity index (χ2v) is 4.26. The number of ether oxygens (including phenoxy) is 1. The smallest absolute Gasteiger partial charge is 0.172 e. The molecule has 1 aromatic rings. The Kier molecular flexibility index (Phi) is 4.62. The van der Waals surface area contributed by atoms with Crippen LogP contribution in [0.5, 0.6) is 11.5 Å². The number of hydrogen-bond acceptors (Lipinski definition) is 3. The molecular weight excluding hydrogens is 264 g/mol. The second-order valence-electron chi connectivity index (χ2n) is 2.96. The maximum atomic E-state index is 9.56. The molecule has 4 heteroatoms. The summed E-state index contributed by atoms with van der Waals surface area (Å²) in [6, 6.07) is 3.75. The largest absolute Gasteiger partial charge is 0.503 e. The van der Waals surface area contributed by atoms with E-state index in [1.165, 1.54) is 0 Å². The van der Waals surface area contributed by atoms with E-state index in [4.69, 9.17) is 4.74 Å². The van der Waals surface area contributed by atoms with Crippen molar-refractivity contribution in [3.63, 3.8) is 0 Å². The van der Waals surface area contributed by atoms with E-state index in [-0.39, 0.29) is 5.75 Å². The topological polar surface area (TPSA) is 29.5 Å². The van der Waals surface area contributed by atoms with Crippen molar-refractivity contribution in [2.75, 3.05) is 12.9 Å². The van der Waals surface area contributed by atoms with Gasteiger partial charge in [0.1, 0.15) is 0 Å². The molecule has 0 saturated heterocycles. The Morgan fingerprint density at radius 2 is 2.21 bits per heavy atom. The van der Waals surface area contributed by atoms with Gasteiger partial charge in [0.15, 0.2) is 11.5 Å². The monoisotopic (exact) mass is 276 g/mol. The van der Waals surface area contributed by atoms with Crippen LogP contribution in [0.2, 0.25) is 0 Å². The average molecular weight is 277 g/mol. The van der Waals surface area contributed by atoms with Crippen molar-refractivity contribution in [1.82, 2.24) is 0 Å². The molecule has 0 amide bonds. The van der Waals surface area contributed by atoms with Crippen LogP contribution in [0.25, 0.3) is 0 Å². The molecule has 0 atom stereocenters. The Morgan fingerprint density at radius 3 is 2.79 bits per heavy atom. The fraction of sp³-hybridized carbons (Fsp3) is 0.400. The van der Waals surface area contributed by atoms with Crippen LogP contribution in [0.1, 0.15) is 12.0 Å². The third kappa shape index (κ3) is 2.82. The van der Waals surface area contributed by atoms with Crippen molar-refractivity contribution in [1.29, 1.82) is 0 Å². The van der Waals surface area contributed by atoms with Crippen molar-refractivity contribution >= 4 is 28.6 Å². The van der Waals surface area contributed by atoms with Crippen LogP contribution in [0.4, 0.5) is 0 Å². The highest BCUT2D eigenvalue weighted by Gasteiger charge is 2.07. The third-order valence-electron chi connectivity index (χ3n) is 1.93. The molecular formula is C10H13BrO2S. The van der Waals surface area contributed by atoms with Crippen LogP contribution in [0.15, 0.2) is 16.6 Å². The molecule has 14 heavy (non-hydrogen) atoms. The van der Waals surface area contributed by atoms with Crippen LogP contribution in [0, 0.1) is 0 Å². The Balaban J connectivity index is 2.91. The van der Waals surface area contributed by atoms with Crippen molar-refractivity contribution in [3.8, 4) is 11.5 Å². The molecule has 0 bridgehead atoms. The molecule has 0 aliphatic heterocycles. The van der Waals surface area contributed by atoms with Crippen molar-refractivity contribution < 1.29 is 9.84 Å². The van der Waals surface area contributed by atoms with Gasteiger partial charge < -0.3 is 9.84 Å². The number of phenolic OH excluding ortho intramolecular Hbond substituents is 1. The van der Waals surface area contributed by atoms with E-state index in [1.807, 2.05) is 12.1 Å². The Labute approximate surface area is 97.8 Å². The van der Waals surface area contributed by atoms with E-state index in [9.17, 15) is 5.11 Å². The first kappa shape index (κ1) is 11.7. The summed E-state index contributed by atoms with van der Waals surface area (Å²) >= 11 is 7.43. The third-order valence-corrected chi connectivity index (χ3v) is 2.85. The Hall–Kier alpha value is -0.350. The minimum atomic E-state index is 0.155. The normalized spacial score (nSPS) is 10.2. The van der Waals surface area contributed by atoms with E-state index in [0.717, 1.165) is 24.2 Å². The summed E-state index contributed by atoms with van der Waals surface area (Å²) in [5.74, 6) is 1.52. The van der Waals surface area contributed by atoms with Gasteiger partial charge in [0.25, 0.3) is 0 Å². The lowest BCUT2D eigenvalue weighted by Gasteiger charge is -2.08. The first-order chi connectivity index (χ1) is 6.69. The predicted molar refractivity (Wildman–Crippen MR) is 64.5 cm³/mol. The number of methoxy groups -OCH3 is 1. The molecule has 0 spiro atoms. The van der Waals surface area contributed by atoms with Crippen LogP contribution >= 0.6 is 28.6 Å². The molecule has 0 fully saturated rings. The fourth-order valence-electron chi connectivity index (χ4n) is 1.21.